The van der Waals surface area contributed by atoms with Crippen molar-refractivity contribution in [3.05, 3.63) is 29.8 Å². The Balaban J connectivity index is 2.60. The number of carbonyl (C=O) groups is 1. The molecule has 0 aliphatic carbocycles. The summed E-state index contributed by atoms with van der Waals surface area (Å²) in [7, 11) is 0. The lowest BCUT2D eigenvalue weighted by molar-refractivity contribution is -0.942. The van der Waals surface area contributed by atoms with Crippen LogP contribution in [0.5, 0.6) is 5.75 Å². The normalized spacial score (nSPS) is 11.3. The Morgan fingerprint density at radius 1 is 1.21 bits per heavy atom. The number of hydrogen-bond donors (Lipinski definition) is 1. The SMILES string of the molecule is CC(C)[NH+](CCOc1ccccc1C(=O)[O-])C(C)C. The fourth-order valence-corrected chi connectivity index (χ4v) is 2.28. The lowest BCUT2D eigenvalue weighted by atomic mass is 10.2. The van der Waals surface area contributed by atoms with Crippen LogP contribution in [0.15, 0.2) is 24.3 Å². The van der Waals surface area contributed by atoms with Crippen molar-refractivity contribution in [3.8, 4) is 5.75 Å². The van der Waals surface area contributed by atoms with Crippen LogP contribution in [-0.4, -0.2) is 31.2 Å². The second-order valence-corrected chi connectivity index (χ2v) is 5.27. The fraction of sp³-hybridized carbons (Fsp3) is 0.533. The van der Waals surface area contributed by atoms with Gasteiger partial charge in [0, 0.05) is 5.56 Å². The molecule has 4 nitrogen and oxygen atoms in total. The predicted octanol–water partition coefficient (Wildman–Crippen LogP) is 0.131. The van der Waals surface area contributed by atoms with E-state index in [0.717, 1.165) is 6.54 Å². The smallest absolute Gasteiger partial charge is 0.137 e. The van der Waals surface area contributed by atoms with Crippen molar-refractivity contribution in [2.45, 2.75) is 39.8 Å². The van der Waals surface area contributed by atoms with E-state index in [4.69, 9.17) is 4.74 Å². The molecule has 0 saturated carbocycles. The molecule has 0 heterocycles. The first-order chi connectivity index (χ1) is 8.93. The van der Waals surface area contributed by atoms with Gasteiger partial charge in [-0.3, -0.25) is 0 Å². The van der Waals surface area contributed by atoms with Gasteiger partial charge in [-0.2, -0.15) is 0 Å². The molecule has 0 aromatic heterocycles. The van der Waals surface area contributed by atoms with E-state index in [-0.39, 0.29) is 5.56 Å². The van der Waals surface area contributed by atoms with Gasteiger partial charge < -0.3 is 19.5 Å². The van der Waals surface area contributed by atoms with Crippen LogP contribution >= 0.6 is 0 Å². The van der Waals surface area contributed by atoms with Crippen molar-refractivity contribution in [3.63, 3.8) is 0 Å². The maximum atomic E-state index is 10.9. The van der Waals surface area contributed by atoms with E-state index in [1.807, 2.05) is 0 Å². The van der Waals surface area contributed by atoms with Crippen LogP contribution < -0.4 is 14.7 Å². The fourth-order valence-electron chi connectivity index (χ4n) is 2.28. The van der Waals surface area contributed by atoms with Gasteiger partial charge in [0.05, 0.1) is 18.1 Å². The molecule has 1 aromatic rings. The molecule has 0 aliphatic heterocycles. The number of hydrogen-bond acceptors (Lipinski definition) is 3. The van der Waals surface area contributed by atoms with E-state index >= 15 is 0 Å². The number of rotatable bonds is 7. The number of ether oxygens (including phenoxy) is 1. The zero-order valence-corrected chi connectivity index (χ0v) is 12.1. The van der Waals surface area contributed by atoms with Crippen LogP contribution in [0.3, 0.4) is 0 Å². The summed E-state index contributed by atoms with van der Waals surface area (Å²) in [5.41, 5.74) is 0.109. The van der Waals surface area contributed by atoms with Crippen molar-refractivity contribution >= 4 is 5.97 Å². The Labute approximate surface area is 115 Å². The molecule has 1 aromatic carbocycles. The number of nitrogens with one attached hydrogen (secondary N) is 1. The second kappa shape index (κ2) is 7.14. The van der Waals surface area contributed by atoms with Crippen LogP contribution in [0.4, 0.5) is 0 Å². The summed E-state index contributed by atoms with van der Waals surface area (Å²) in [5, 5.41) is 10.9. The van der Waals surface area contributed by atoms with E-state index in [1.54, 1.807) is 18.2 Å². The molecule has 19 heavy (non-hydrogen) atoms. The van der Waals surface area contributed by atoms with Crippen LogP contribution in [-0.2, 0) is 0 Å². The van der Waals surface area contributed by atoms with Gasteiger partial charge in [-0.15, -0.1) is 0 Å². The molecule has 0 spiro atoms. The van der Waals surface area contributed by atoms with Crippen molar-refractivity contribution < 1.29 is 19.5 Å². The second-order valence-electron chi connectivity index (χ2n) is 5.27. The van der Waals surface area contributed by atoms with Crippen LogP contribution in [0.25, 0.3) is 0 Å². The minimum Gasteiger partial charge on any atom is -0.545 e. The van der Waals surface area contributed by atoms with Crippen molar-refractivity contribution in [2.75, 3.05) is 13.2 Å². The largest absolute Gasteiger partial charge is 0.545 e. The van der Waals surface area contributed by atoms with E-state index in [1.165, 1.54) is 11.0 Å². The lowest BCUT2D eigenvalue weighted by Crippen LogP contribution is -3.18. The van der Waals surface area contributed by atoms with E-state index in [2.05, 4.69) is 27.7 Å². The third-order valence-electron chi connectivity index (χ3n) is 3.24. The number of para-hydroxylation sites is 1. The van der Waals surface area contributed by atoms with Gasteiger partial charge in [0.1, 0.15) is 18.9 Å². The molecule has 0 bridgehead atoms. The number of aromatic carboxylic acids is 1. The molecule has 0 saturated heterocycles. The summed E-state index contributed by atoms with van der Waals surface area (Å²) in [6.45, 7) is 10.0. The Kier molecular flexibility index (Phi) is 5.83. The summed E-state index contributed by atoms with van der Waals surface area (Å²) in [4.78, 5) is 12.4. The average molecular weight is 265 g/mol. The predicted molar refractivity (Wildman–Crippen MR) is 72.4 cm³/mol. The van der Waals surface area contributed by atoms with Gasteiger partial charge in [-0.1, -0.05) is 12.1 Å². The molecule has 0 unspecified atom stereocenters. The Bertz CT molecular complexity index is 408. The Morgan fingerprint density at radius 2 is 1.79 bits per heavy atom. The summed E-state index contributed by atoms with van der Waals surface area (Å²) in [6.07, 6.45) is 0. The topological polar surface area (TPSA) is 53.8 Å². The van der Waals surface area contributed by atoms with E-state index in [0.29, 0.717) is 24.4 Å². The Hall–Kier alpha value is -1.55. The van der Waals surface area contributed by atoms with Gasteiger partial charge in [-0.05, 0) is 39.8 Å². The van der Waals surface area contributed by atoms with Gasteiger partial charge in [0.15, 0.2) is 0 Å². The summed E-state index contributed by atoms with van der Waals surface area (Å²) in [6, 6.07) is 7.62. The molecule has 1 N–H and O–H groups in total. The summed E-state index contributed by atoms with van der Waals surface area (Å²) < 4.78 is 5.59. The number of benzene rings is 1. The highest BCUT2D eigenvalue weighted by atomic mass is 16.5. The molecule has 0 aliphatic rings. The summed E-state index contributed by atoms with van der Waals surface area (Å²) >= 11 is 0. The maximum absolute atomic E-state index is 10.9. The number of quaternary nitrogens is 1. The Morgan fingerprint density at radius 3 is 2.32 bits per heavy atom. The van der Waals surface area contributed by atoms with Crippen molar-refractivity contribution in [1.82, 2.24) is 0 Å². The quantitative estimate of drug-likeness (QED) is 0.762. The van der Waals surface area contributed by atoms with E-state index in [9.17, 15) is 9.90 Å². The minimum atomic E-state index is -1.20. The van der Waals surface area contributed by atoms with Crippen molar-refractivity contribution in [1.29, 1.82) is 0 Å². The third-order valence-corrected chi connectivity index (χ3v) is 3.24. The first-order valence-corrected chi connectivity index (χ1v) is 6.72. The van der Waals surface area contributed by atoms with Gasteiger partial charge >= 0.3 is 0 Å². The minimum absolute atomic E-state index is 0.109. The first-order valence-electron chi connectivity index (χ1n) is 6.72. The standard InChI is InChI=1S/C15H23NO3/c1-11(2)16(12(3)4)9-10-19-14-8-6-5-7-13(14)15(17)18/h5-8,11-12H,9-10H2,1-4H3,(H,17,18). The lowest BCUT2D eigenvalue weighted by Gasteiger charge is -2.27. The number of carboxylic acids is 1. The third kappa shape index (κ3) is 4.56. The molecule has 0 radical (unpaired) electrons. The highest BCUT2D eigenvalue weighted by Crippen LogP contribution is 2.16. The van der Waals surface area contributed by atoms with Crippen LogP contribution in [0, 0.1) is 0 Å². The monoisotopic (exact) mass is 265 g/mol. The van der Waals surface area contributed by atoms with Crippen molar-refractivity contribution in [2.24, 2.45) is 0 Å². The molecule has 0 atom stereocenters. The number of carbonyl (C=O) groups excluding carboxylic acids is 1. The number of carboxylic acid groups (broad SMARTS) is 1. The molecular weight excluding hydrogens is 242 g/mol. The molecule has 106 valence electrons. The molecule has 1 rings (SSSR count). The highest BCUT2D eigenvalue weighted by molar-refractivity contribution is 5.89. The maximum Gasteiger partial charge on any atom is 0.137 e. The first kappa shape index (κ1) is 15.5. The van der Waals surface area contributed by atoms with Gasteiger partial charge in [0.25, 0.3) is 0 Å². The molecule has 0 amide bonds. The molecule has 0 fully saturated rings. The van der Waals surface area contributed by atoms with E-state index < -0.39 is 5.97 Å². The summed E-state index contributed by atoms with van der Waals surface area (Å²) in [5.74, 6) is -0.818. The van der Waals surface area contributed by atoms with Crippen LogP contribution in [0.1, 0.15) is 38.1 Å². The average Bonchev–Trinajstić information content (AvgIpc) is 2.33. The highest BCUT2D eigenvalue weighted by Gasteiger charge is 2.16. The molecular formula is C15H23NO3. The zero-order valence-electron chi connectivity index (χ0n) is 12.1. The zero-order chi connectivity index (χ0) is 14.4. The molecule has 4 heteroatoms. The van der Waals surface area contributed by atoms with Gasteiger partial charge in [0.2, 0.25) is 0 Å². The van der Waals surface area contributed by atoms with Gasteiger partial charge in [-0.25, -0.2) is 0 Å². The van der Waals surface area contributed by atoms with Crippen LogP contribution in [0.2, 0.25) is 0 Å².